The molecule has 1 aliphatic carbocycles. The maximum absolute atomic E-state index is 4.25. The van der Waals surface area contributed by atoms with E-state index in [4.69, 9.17) is 0 Å². The number of fused-ring (bicyclic) bond motifs is 1. The summed E-state index contributed by atoms with van der Waals surface area (Å²) in [5, 5.41) is 13.5. The van der Waals surface area contributed by atoms with E-state index in [-0.39, 0.29) is 0 Å². The lowest BCUT2D eigenvalue weighted by atomic mass is 9.85. The van der Waals surface area contributed by atoms with E-state index in [2.05, 4.69) is 20.4 Å². The van der Waals surface area contributed by atoms with E-state index in [1.165, 1.54) is 38.6 Å². The molecule has 0 radical (unpaired) electrons. The Balaban J connectivity index is 1.65. The predicted molar refractivity (Wildman–Crippen MR) is 70.2 cm³/mol. The minimum Gasteiger partial charge on any atom is -0.363 e. The zero-order valence-corrected chi connectivity index (χ0v) is 11.2. The second-order valence-electron chi connectivity index (χ2n) is 5.12. The molecular formula is C12H20N4S. The third kappa shape index (κ3) is 2.31. The molecule has 94 valence electrons. The first-order valence-corrected chi connectivity index (χ1v) is 7.42. The molecule has 2 atom stereocenters. The average molecular weight is 252 g/mol. The topological polar surface area (TPSA) is 41.1 Å². The largest absolute Gasteiger partial charge is 0.363 e. The third-order valence-corrected chi connectivity index (χ3v) is 5.07. The molecule has 0 amide bonds. The van der Waals surface area contributed by atoms with Crippen LogP contribution in [-0.2, 0) is 6.54 Å². The molecule has 1 saturated carbocycles. The molecule has 1 aliphatic heterocycles. The Labute approximate surface area is 106 Å². The van der Waals surface area contributed by atoms with Gasteiger partial charge in [0, 0.05) is 13.1 Å². The first-order chi connectivity index (χ1) is 8.36. The van der Waals surface area contributed by atoms with Gasteiger partial charge in [0.15, 0.2) is 0 Å². The molecule has 2 heterocycles. The summed E-state index contributed by atoms with van der Waals surface area (Å²) in [4.78, 5) is 2.63. The van der Waals surface area contributed by atoms with Crippen LogP contribution in [-0.4, -0.2) is 34.7 Å². The molecule has 3 rings (SSSR count). The molecule has 0 bridgehead atoms. The van der Waals surface area contributed by atoms with Crippen molar-refractivity contribution in [2.75, 3.05) is 18.9 Å². The summed E-state index contributed by atoms with van der Waals surface area (Å²) in [6, 6.07) is 0.825. The molecular weight excluding hydrogens is 232 g/mol. The fourth-order valence-electron chi connectivity index (χ4n) is 3.29. The first kappa shape index (κ1) is 11.4. The second kappa shape index (κ2) is 4.90. The Hall–Kier alpha value is -0.680. The molecule has 0 aromatic carbocycles. The highest BCUT2D eigenvalue weighted by Crippen LogP contribution is 2.37. The summed E-state index contributed by atoms with van der Waals surface area (Å²) in [6.07, 6.45) is 7.08. The van der Waals surface area contributed by atoms with Crippen molar-refractivity contribution in [1.29, 1.82) is 0 Å². The summed E-state index contributed by atoms with van der Waals surface area (Å²) in [7, 11) is 1.90. The fraction of sp³-hybridized carbons (Fsp3) is 0.833. The van der Waals surface area contributed by atoms with Gasteiger partial charge in [-0.3, -0.25) is 4.90 Å². The van der Waals surface area contributed by atoms with Gasteiger partial charge < -0.3 is 5.32 Å². The summed E-state index contributed by atoms with van der Waals surface area (Å²) < 4.78 is 0. The Morgan fingerprint density at radius 3 is 3.00 bits per heavy atom. The maximum Gasteiger partial charge on any atom is 0.205 e. The lowest BCUT2D eigenvalue weighted by Gasteiger charge is -2.31. The minimum absolute atomic E-state index is 0.825. The molecule has 5 heteroatoms. The zero-order chi connectivity index (χ0) is 11.7. The van der Waals surface area contributed by atoms with Crippen LogP contribution in [0, 0.1) is 5.92 Å². The zero-order valence-electron chi connectivity index (χ0n) is 10.4. The van der Waals surface area contributed by atoms with Crippen LogP contribution in [0.4, 0.5) is 5.13 Å². The van der Waals surface area contributed by atoms with Crippen molar-refractivity contribution in [2.24, 2.45) is 5.92 Å². The molecule has 4 nitrogen and oxygen atoms in total. The molecule has 2 unspecified atom stereocenters. The predicted octanol–water partition coefficient (Wildman–Crippen LogP) is 2.34. The number of hydrogen-bond donors (Lipinski definition) is 1. The van der Waals surface area contributed by atoms with Gasteiger partial charge in [0.05, 0.1) is 6.54 Å². The average Bonchev–Trinajstić information content (AvgIpc) is 2.97. The van der Waals surface area contributed by atoms with Crippen LogP contribution in [0.2, 0.25) is 0 Å². The van der Waals surface area contributed by atoms with Gasteiger partial charge >= 0.3 is 0 Å². The van der Waals surface area contributed by atoms with Gasteiger partial charge in [-0.1, -0.05) is 24.2 Å². The van der Waals surface area contributed by atoms with E-state index in [0.29, 0.717) is 0 Å². The molecule has 2 fully saturated rings. The van der Waals surface area contributed by atoms with Crippen molar-refractivity contribution in [1.82, 2.24) is 15.1 Å². The van der Waals surface area contributed by atoms with Gasteiger partial charge in [-0.25, -0.2) is 0 Å². The van der Waals surface area contributed by atoms with Crippen molar-refractivity contribution in [3.05, 3.63) is 5.01 Å². The van der Waals surface area contributed by atoms with Gasteiger partial charge in [0.1, 0.15) is 5.01 Å². The van der Waals surface area contributed by atoms with Crippen LogP contribution >= 0.6 is 11.3 Å². The summed E-state index contributed by atoms with van der Waals surface area (Å²) in [5.74, 6) is 0.959. The number of anilines is 1. The van der Waals surface area contributed by atoms with Gasteiger partial charge in [-0.2, -0.15) is 0 Å². The lowest BCUT2D eigenvalue weighted by molar-refractivity contribution is 0.175. The molecule has 0 spiro atoms. The standard InChI is InChI=1S/C12H20N4S/c1-13-12-15-14-11(17-12)8-16-7-6-9-4-2-3-5-10(9)16/h9-10H,2-8H2,1H3,(H,13,15). The Morgan fingerprint density at radius 2 is 2.18 bits per heavy atom. The SMILES string of the molecule is CNc1nnc(CN2CCC3CCCCC32)s1. The number of aromatic nitrogens is 2. The van der Waals surface area contributed by atoms with Gasteiger partial charge in [-0.05, 0) is 31.7 Å². The molecule has 1 aromatic rings. The van der Waals surface area contributed by atoms with Crippen LogP contribution in [0.3, 0.4) is 0 Å². The van der Waals surface area contributed by atoms with Crippen LogP contribution in [0.15, 0.2) is 0 Å². The maximum atomic E-state index is 4.25. The molecule has 1 saturated heterocycles. The van der Waals surface area contributed by atoms with E-state index < -0.39 is 0 Å². The molecule has 1 aromatic heterocycles. The summed E-state index contributed by atoms with van der Waals surface area (Å²) >= 11 is 1.68. The quantitative estimate of drug-likeness (QED) is 0.896. The highest BCUT2D eigenvalue weighted by atomic mass is 32.1. The monoisotopic (exact) mass is 252 g/mol. The van der Waals surface area contributed by atoms with E-state index in [1.807, 2.05) is 7.05 Å². The van der Waals surface area contributed by atoms with Crippen molar-refractivity contribution in [3.63, 3.8) is 0 Å². The Kier molecular flexibility index (Phi) is 3.29. The third-order valence-electron chi connectivity index (χ3n) is 4.14. The normalized spacial score (nSPS) is 29.2. The van der Waals surface area contributed by atoms with Crippen LogP contribution in [0.1, 0.15) is 37.1 Å². The van der Waals surface area contributed by atoms with Crippen molar-refractivity contribution in [2.45, 2.75) is 44.7 Å². The fourth-order valence-corrected chi connectivity index (χ4v) is 4.01. The number of nitrogens with zero attached hydrogens (tertiary/aromatic N) is 3. The van der Waals surface area contributed by atoms with Crippen molar-refractivity contribution in [3.8, 4) is 0 Å². The smallest absolute Gasteiger partial charge is 0.205 e. The molecule has 17 heavy (non-hydrogen) atoms. The van der Waals surface area contributed by atoms with E-state index in [1.54, 1.807) is 11.3 Å². The van der Waals surface area contributed by atoms with Gasteiger partial charge in [0.25, 0.3) is 0 Å². The molecule has 2 aliphatic rings. The lowest BCUT2D eigenvalue weighted by Crippen LogP contribution is -2.34. The Morgan fingerprint density at radius 1 is 1.29 bits per heavy atom. The first-order valence-electron chi connectivity index (χ1n) is 6.61. The van der Waals surface area contributed by atoms with Crippen LogP contribution in [0.5, 0.6) is 0 Å². The van der Waals surface area contributed by atoms with E-state index in [0.717, 1.165) is 28.6 Å². The summed E-state index contributed by atoms with van der Waals surface area (Å²) in [6.45, 7) is 2.25. The van der Waals surface area contributed by atoms with E-state index in [9.17, 15) is 0 Å². The van der Waals surface area contributed by atoms with Gasteiger partial charge in [-0.15, -0.1) is 10.2 Å². The highest BCUT2D eigenvalue weighted by molar-refractivity contribution is 7.15. The van der Waals surface area contributed by atoms with Crippen molar-refractivity contribution < 1.29 is 0 Å². The second-order valence-corrected chi connectivity index (χ2v) is 6.18. The minimum atomic E-state index is 0.825. The number of nitrogens with one attached hydrogen (secondary N) is 1. The van der Waals surface area contributed by atoms with E-state index >= 15 is 0 Å². The Bertz CT molecular complexity index is 378. The number of likely N-dealkylation sites (tertiary alicyclic amines) is 1. The highest BCUT2D eigenvalue weighted by Gasteiger charge is 2.35. The number of rotatable bonds is 3. The van der Waals surface area contributed by atoms with Crippen molar-refractivity contribution >= 4 is 16.5 Å². The van der Waals surface area contributed by atoms with Crippen LogP contribution in [0.25, 0.3) is 0 Å². The van der Waals surface area contributed by atoms with Crippen LogP contribution < -0.4 is 5.32 Å². The van der Waals surface area contributed by atoms with Gasteiger partial charge in [0.2, 0.25) is 5.13 Å². The number of hydrogen-bond acceptors (Lipinski definition) is 5. The summed E-state index contributed by atoms with van der Waals surface area (Å²) in [5.41, 5.74) is 0. The molecule has 1 N–H and O–H groups in total.